The molecule has 0 atom stereocenters. The van der Waals surface area contributed by atoms with Crippen molar-refractivity contribution in [1.29, 1.82) is 5.26 Å². The summed E-state index contributed by atoms with van der Waals surface area (Å²) in [5.74, 6) is -0.257. The van der Waals surface area contributed by atoms with Crippen molar-refractivity contribution < 1.29 is 14.3 Å². The molecule has 0 radical (unpaired) electrons. The highest BCUT2D eigenvalue weighted by molar-refractivity contribution is 6.31. The van der Waals surface area contributed by atoms with Crippen LogP contribution in [0.1, 0.15) is 11.1 Å². The molecule has 3 aromatic rings. The highest BCUT2D eigenvalue weighted by Crippen LogP contribution is 2.27. The van der Waals surface area contributed by atoms with E-state index in [1.807, 2.05) is 13.0 Å². The number of carbonyl (C=O) groups is 1. The van der Waals surface area contributed by atoms with Gasteiger partial charge in [-0.3, -0.25) is 14.0 Å². The molecule has 31 heavy (non-hydrogen) atoms. The lowest BCUT2D eigenvalue weighted by molar-refractivity contribution is -0.117. The average molecular weight is 439 g/mol. The normalized spacial score (nSPS) is 11.2. The van der Waals surface area contributed by atoms with Crippen molar-refractivity contribution in [3.63, 3.8) is 0 Å². The van der Waals surface area contributed by atoms with Crippen LogP contribution in [0.15, 0.2) is 53.0 Å². The number of nitrogens with zero attached hydrogens (tertiary/aromatic N) is 3. The van der Waals surface area contributed by atoms with Crippen LogP contribution in [0.25, 0.3) is 11.7 Å². The molecule has 1 N–H and O–H groups in total. The van der Waals surface area contributed by atoms with E-state index in [0.29, 0.717) is 16.4 Å². The molecule has 0 fully saturated rings. The Kier molecular flexibility index (Phi) is 7.03. The van der Waals surface area contributed by atoms with Crippen molar-refractivity contribution in [2.45, 2.75) is 6.92 Å². The second kappa shape index (κ2) is 9.89. The second-order valence-corrected chi connectivity index (χ2v) is 6.90. The predicted octanol–water partition coefficient (Wildman–Crippen LogP) is 3.12. The number of pyridine rings is 1. The third kappa shape index (κ3) is 5.09. The first-order valence-corrected chi connectivity index (χ1v) is 9.66. The number of hydrogen-bond donors (Lipinski definition) is 1. The van der Waals surface area contributed by atoms with Crippen molar-refractivity contribution in [2.75, 3.05) is 20.3 Å². The van der Waals surface area contributed by atoms with E-state index in [9.17, 15) is 14.9 Å². The highest BCUT2D eigenvalue weighted by Gasteiger charge is 2.17. The number of carbonyl (C=O) groups excluding carboxylic acids is 1. The molecule has 8 nitrogen and oxygen atoms in total. The zero-order valence-electron chi connectivity index (χ0n) is 16.9. The van der Waals surface area contributed by atoms with Gasteiger partial charge in [-0.05, 0) is 48.9 Å². The van der Waals surface area contributed by atoms with E-state index in [2.05, 4.69) is 10.3 Å². The van der Waals surface area contributed by atoms with Crippen molar-refractivity contribution in [1.82, 2.24) is 14.7 Å². The number of ether oxygens (including phenoxy) is 2. The largest absolute Gasteiger partial charge is 0.438 e. The third-order valence-corrected chi connectivity index (χ3v) is 4.75. The molecular weight excluding hydrogens is 420 g/mol. The lowest BCUT2D eigenvalue weighted by atomic mass is 10.1. The van der Waals surface area contributed by atoms with Crippen LogP contribution in [0, 0.1) is 18.3 Å². The molecule has 1 amide bonds. The minimum absolute atomic E-state index is 0.0321. The summed E-state index contributed by atoms with van der Waals surface area (Å²) in [5.41, 5.74) is 0.360. The molecule has 2 aromatic heterocycles. The Hall–Kier alpha value is -3.67. The quantitative estimate of drug-likeness (QED) is 0.345. The van der Waals surface area contributed by atoms with Gasteiger partial charge in [-0.2, -0.15) is 10.2 Å². The van der Waals surface area contributed by atoms with Crippen LogP contribution >= 0.6 is 11.6 Å². The van der Waals surface area contributed by atoms with E-state index < -0.39 is 11.5 Å². The first kappa shape index (κ1) is 22.0. The second-order valence-electron chi connectivity index (χ2n) is 6.50. The van der Waals surface area contributed by atoms with E-state index in [0.717, 1.165) is 5.56 Å². The molecule has 0 saturated carbocycles. The molecule has 158 valence electrons. The molecule has 0 saturated heterocycles. The fourth-order valence-electron chi connectivity index (χ4n) is 2.73. The maximum Gasteiger partial charge on any atom is 0.269 e. The van der Waals surface area contributed by atoms with Crippen LogP contribution in [0.2, 0.25) is 5.02 Å². The predicted molar refractivity (Wildman–Crippen MR) is 116 cm³/mol. The Labute approximate surface area is 183 Å². The summed E-state index contributed by atoms with van der Waals surface area (Å²) in [4.78, 5) is 29.9. The lowest BCUT2D eigenvalue weighted by Gasteiger charge is -2.11. The van der Waals surface area contributed by atoms with Crippen LogP contribution in [0.5, 0.6) is 11.6 Å². The number of nitriles is 1. The van der Waals surface area contributed by atoms with Crippen molar-refractivity contribution >= 4 is 29.2 Å². The van der Waals surface area contributed by atoms with Gasteiger partial charge in [-0.15, -0.1) is 0 Å². The average Bonchev–Trinajstić information content (AvgIpc) is 2.76. The highest BCUT2D eigenvalue weighted by atomic mass is 35.5. The number of hydrogen-bond acceptors (Lipinski definition) is 6. The summed E-state index contributed by atoms with van der Waals surface area (Å²) in [6, 6.07) is 11.9. The van der Waals surface area contributed by atoms with Gasteiger partial charge >= 0.3 is 0 Å². The molecule has 0 aliphatic heterocycles. The Morgan fingerprint density at radius 2 is 2.16 bits per heavy atom. The summed E-state index contributed by atoms with van der Waals surface area (Å²) in [6.45, 7) is 2.32. The number of aromatic nitrogens is 2. The molecule has 0 aliphatic carbocycles. The minimum Gasteiger partial charge on any atom is -0.438 e. The van der Waals surface area contributed by atoms with Gasteiger partial charge in [0.25, 0.3) is 11.5 Å². The van der Waals surface area contributed by atoms with Crippen LogP contribution in [-0.2, 0) is 9.53 Å². The van der Waals surface area contributed by atoms with Gasteiger partial charge in [0.1, 0.15) is 28.6 Å². The van der Waals surface area contributed by atoms with E-state index in [-0.39, 0.29) is 30.2 Å². The molecule has 2 heterocycles. The summed E-state index contributed by atoms with van der Waals surface area (Å²) in [7, 11) is 1.50. The monoisotopic (exact) mass is 438 g/mol. The molecule has 9 heteroatoms. The van der Waals surface area contributed by atoms with Gasteiger partial charge in [0.15, 0.2) is 0 Å². The molecule has 0 spiro atoms. The van der Waals surface area contributed by atoms with E-state index >= 15 is 0 Å². The minimum atomic E-state index is -0.634. The number of rotatable bonds is 7. The van der Waals surface area contributed by atoms with Crippen molar-refractivity contribution in [2.24, 2.45) is 0 Å². The number of benzene rings is 1. The molecule has 0 unspecified atom stereocenters. The first-order valence-electron chi connectivity index (χ1n) is 9.29. The standard InChI is InChI=1S/C22H19ClN4O4/c1-14-11-16(6-7-18(14)23)31-21-17(12-15(13-24)20(28)25-8-10-30-2)22(29)27-9-4-3-5-19(27)26-21/h3-7,9,11-12H,8,10H2,1-2H3,(H,25,28). The molecule has 0 bridgehead atoms. The molecule has 0 aliphatic rings. The van der Waals surface area contributed by atoms with E-state index in [1.165, 1.54) is 17.6 Å². The lowest BCUT2D eigenvalue weighted by Crippen LogP contribution is -2.28. The van der Waals surface area contributed by atoms with Gasteiger partial charge in [0.2, 0.25) is 5.88 Å². The fraction of sp³-hybridized carbons (Fsp3) is 0.182. The Morgan fingerprint density at radius 1 is 1.35 bits per heavy atom. The number of halogens is 1. The number of aryl methyl sites for hydroxylation is 1. The van der Waals surface area contributed by atoms with Crippen LogP contribution in [0.4, 0.5) is 0 Å². The van der Waals surface area contributed by atoms with Crippen LogP contribution < -0.4 is 15.6 Å². The summed E-state index contributed by atoms with van der Waals surface area (Å²) < 4.78 is 12.1. The Balaban J connectivity index is 2.11. The van der Waals surface area contributed by atoms with Gasteiger partial charge in [-0.1, -0.05) is 17.7 Å². The number of nitrogens with one attached hydrogen (secondary N) is 1. The summed E-state index contributed by atoms with van der Waals surface area (Å²) in [5, 5.41) is 12.6. The smallest absolute Gasteiger partial charge is 0.269 e. The molecule has 1 aromatic carbocycles. The number of methoxy groups -OCH3 is 1. The third-order valence-electron chi connectivity index (χ3n) is 4.32. The molecule has 3 rings (SSSR count). The number of amides is 1. The SMILES string of the molecule is COCCNC(=O)C(C#N)=Cc1c(Oc2ccc(Cl)c(C)c2)nc2ccccn2c1=O. The number of fused-ring (bicyclic) bond motifs is 1. The van der Waals surface area contributed by atoms with Gasteiger partial charge in [0, 0.05) is 24.9 Å². The summed E-state index contributed by atoms with van der Waals surface area (Å²) >= 11 is 6.07. The first-order chi connectivity index (χ1) is 14.9. The summed E-state index contributed by atoms with van der Waals surface area (Å²) in [6.07, 6.45) is 2.72. The van der Waals surface area contributed by atoms with Crippen LogP contribution in [-0.4, -0.2) is 35.6 Å². The maximum absolute atomic E-state index is 13.1. The van der Waals surface area contributed by atoms with Crippen molar-refractivity contribution in [3.8, 4) is 17.7 Å². The zero-order valence-corrected chi connectivity index (χ0v) is 17.6. The van der Waals surface area contributed by atoms with Crippen molar-refractivity contribution in [3.05, 3.63) is 74.7 Å². The van der Waals surface area contributed by atoms with Gasteiger partial charge in [-0.25, -0.2) is 0 Å². The van der Waals surface area contributed by atoms with E-state index in [4.69, 9.17) is 21.1 Å². The Morgan fingerprint density at radius 3 is 2.87 bits per heavy atom. The van der Waals surface area contributed by atoms with E-state index in [1.54, 1.807) is 42.6 Å². The van der Waals surface area contributed by atoms with Crippen LogP contribution in [0.3, 0.4) is 0 Å². The maximum atomic E-state index is 13.1. The molecular formula is C22H19ClN4O4. The van der Waals surface area contributed by atoms with Gasteiger partial charge in [0.05, 0.1) is 6.61 Å². The zero-order chi connectivity index (χ0) is 22.4. The van der Waals surface area contributed by atoms with Gasteiger partial charge < -0.3 is 14.8 Å². The fourth-order valence-corrected chi connectivity index (χ4v) is 2.85. The Bertz CT molecular complexity index is 1260. The topological polar surface area (TPSA) is 106 Å².